The van der Waals surface area contributed by atoms with E-state index in [-0.39, 0.29) is 0 Å². The number of allylic oxidation sites excluding steroid dienone is 1. The topological polar surface area (TPSA) is 12.5 Å². The van der Waals surface area contributed by atoms with Gasteiger partial charge in [-0.1, -0.05) is 18.2 Å². The van der Waals surface area contributed by atoms with Crippen molar-refractivity contribution in [1.29, 1.82) is 0 Å². The normalized spacial score (nSPS) is 9.70. The molecule has 0 unspecified atom stereocenters. The molecule has 0 radical (unpaired) electrons. The van der Waals surface area contributed by atoms with E-state index in [1.807, 2.05) is 31.2 Å². The molecule has 2 rings (SSSR count). The summed E-state index contributed by atoms with van der Waals surface area (Å²) in [6.07, 6.45) is 1.75. The Morgan fingerprint density at radius 2 is 1.70 bits per heavy atom. The lowest BCUT2D eigenvalue weighted by Gasteiger charge is -1.61. The van der Waals surface area contributed by atoms with Crippen molar-refractivity contribution >= 4 is 0 Å². The first-order chi connectivity index (χ1) is 4.88. The molecule has 1 aliphatic heterocycles. The molecule has 1 aromatic carbocycles. The highest BCUT2D eigenvalue weighted by Crippen LogP contribution is 2.43. The summed E-state index contributed by atoms with van der Waals surface area (Å²) in [4.78, 5) is 0. The lowest BCUT2D eigenvalue weighted by molar-refractivity contribution is 0.650. The van der Waals surface area contributed by atoms with Gasteiger partial charge >= 0.3 is 0 Å². The van der Waals surface area contributed by atoms with Crippen molar-refractivity contribution in [3.05, 3.63) is 36.9 Å². The summed E-state index contributed by atoms with van der Waals surface area (Å²) in [5.74, 6) is 2.06. The number of hydrogen-bond acceptors (Lipinski definition) is 1. The Kier molecular flexibility index (Phi) is 2.11. The molecule has 0 amide bonds. The molecule has 0 aliphatic carbocycles. The van der Waals surface area contributed by atoms with Crippen molar-refractivity contribution < 1.29 is 4.74 Å². The maximum atomic E-state index is 4.94. The fraction of sp³-hybridized carbons (Fsp3) is 0.111. The molecule has 0 aromatic heterocycles. The van der Waals surface area contributed by atoms with Gasteiger partial charge in [0.1, 0.15) is 0 Å². The van der Waals surface area contributed by atoms with Gasteiger partial charge in [0.2, 0.25) is 0 Å². The van der Waals surface area contributed by atoms with Gasteiger partial charge in [0.15, 0.2) is 11.5 Å². The molecule has 0 saturated heterocycles. The molecule has 0 saturated carbocycles. The molecule has 0 bridgehead atoms. The van der Waals surface area contributed by atoms with Crippen LogP contribution in [0.25, 0.3) is 0 Å². The van der Waals surface area contributed by atoms with E-state index in [2.05, 4.69) is 6.58 Å². The summed E-state index contributed by atoms with van der Waals surface area (Å²) in [7, 11) is 0. The summed E-state index contributed by atoms with van der Waals surface area (Å²) >= 11 is 0. The molecule has 1 nitrogen and oxygen atoms in total. The predicted molar refractivity (Wildman–Crippen MR) is 42.4 cm³/mol. The van der Waals surface area contributed by atoms with E-state index in [1.54, 1.807) is 6.08 Å². The van der Waals surface area contributed by atoms with Crippen LogP contribution in [-0.4, -0.2) is 0 Å². The minimum atomic E-state index is 1.03. The Morgan fingerprint density at radius 1 is 1.30 bits per heavy atom. The number of rotatable bonds is 0. The minimum Gasteiger partial charge on any atom is -0.450 e. The van der Waals surface area contributed by atoms with Crippen molar-refractivity contribution in [2.45, 2.75) is 6.92 Å². The summed E-state index contributed by atoms with van der Waals surface area (Å²) in [5.41, 5.74) is 0. The van der Waals surface area contributed by atoms with Gasteiger partial charge in [-0.25, -0.2) is 0 Å². The van der Waals surface area contributed by atoms with E-state index >= 15 is 0 Å². The van der Waals surface area contributed by atoms with Crippen LogP contribution in [0.2, 0.25) is 0 Å². The van der Waals surface area contributed by atoms with Gasteiger partial charge in [0, 0.05) is 0 Å². The monoisotopic (exact) mass is 134 g/mol. The Labute approximate surface area is 61.0 Å². The van der Waals surface area contributed by atoms with Gasteiger partial charge in [0.05, 0.1) is 0 Å². The largest absolute Gasteiger partial charge is 0.450 e. The van der Waals surface area contributed by atoms with Crippen LogP contribution in [0.3, 0.4) is 0 Å². The smallest absolute Gasteiger partial charge is 0.170 e. The van der Waals surface area contributed by atoms with Gasteiger partial charge in [-0.3, -0.25) is 0 Å². The SMILES string of the molecule is C=CC.c1ccc2c(c1)O2. The first kappa shape index (κ1) is 6.87. The summed E-state index contributed by atoms with van der Waals surface area (Å²) in [6, 6.07) is 7.84. The van der Waals surface area contributed by atoms with E-state index in [4.69, 9.17) is 4.74 Å². The fourth-order valence-corrected chi connectivity index (χ4v) is 0.611. The molecule has 1 heterocycles. The van der Waals surface area contributed by atoms with E-state index in [0.717, 1.165) is 11.5 Å². The summed E-state index contributed by atoms with van der Waals surface area (Å²) in [5, 5.41) is 0. The van der Waals surface area contributed by atoms with Gasteiger partial charge in [-0.15, -0.1) is 6.58 Å². The van der Waals surface area contributed by atoms with Crippen LogP contribution in [0.4, 0.5) is 0 Å². The van der Waals surface area contributed by atoms with Crippen LogP contribution in [-0.2, 0) is 0 Å². The predicted octanol–water partition coefficient (Wildman–Crippen LogP) is 2.98. The Balaban J connectivity index is 0.000000148. The Hall–Kier alpha value is -1.24. The standard InChI is InChI=1S/C6H4O.C3H6/c1-2-4-6-5(3-1)7-6;1-3-2/h1-4H;3H,1H2,2H3. The number of benzene rings is 1. The molecule has 10 heavy (non-hydrogen) atoms. The molecule has 52 valence electrons. The van der Waals surface area contributed by atoms with Crippen molar-refractivity contribution in [2.75, 3.05) is 0 Å². The Morgan fingerprint density at radius 3 is 2.00 bits per heavy atom. The zero-order chi connectivity index (χ0) is 7.40. The average Bonchev–Trinajstić information content (AvgIpc) is 2.66. The lowest BCUT2D eigenvalue weighted by atomic mass is 10.4. The highest BCUT2D eigenvalue weighted by atomic mass is 16.6. The molecule has 1 aliphatic rings. The molecular formula is C9H10O. The van der Waals surface area contributed by atoms with Gasteiger partial charge in [-0.2, -0.15) is 0 Å². The number of hydrogen-bond donors (Lipinski definition) is 0. The van der Waals surface area contributed by atoms with E-state index < -0.39 is 0 Å². The van der Waals surface area contributed by atoms with Crippen molar-refractivity contribution in [3.8, 4) is 11.5 Å². The Bertz CT molecular complexity index is 207. The number of fused-ring (bicyclic) bond motifs is 1. The zero-order valence-corrected chi connectivity index (χ0v) is 6.00. The number of para-hydroxylation sites is 2. The quantitative estimate of drug-likeness (QED) is 0.398. The van der Waals surface area contributed by atoms with Gasteiger partial charge in [0.25, 0.3) is 0 Å². The average molecular weight is 134 g/mol. The molecule has 0 spiro atoms. The van der Waals surface area contributed by atoms with Crippen LogP contribution in [0.15, 0.2) is 36.9 Å². The third kappa shape index (κ3) is 1.62. The van der Waals surface area contributed by atoms with Crippen molar-refractivity contribution in [3.63, 3.8) is 0 Å². The molecular weight excluding hydrogens is 124 g/mol. The maximum absolute atomic E-state index is 4.94. The third-order valence-electron chi connectivity index (χ3n) is 1.03. The third-order valence-corrected chi connectivity index (χ3v) is 1.03. The van der Waals surface area contributed by atoms with E-state index in [1.165, 1.54) is 0 Å². The highest BCUT2D eigenvalue weighted by Gasteiger charge is 2.15. The van der Waals surface area contributed by atoms with E-state index in [0.29, 0.717) is 0 Å². The second-order valence-electron chi connectivity index (χ2n) is 1.96. The van der Waals surface area contributed by atoms with Crippen LogP contribution >= 0.6 is 0 Å². The van der Waals surface area contributed by atoms with Gasteiger partial charge in [-0.05, 0) is 19.1 Å². The molecule has 1 heteroatoms. The molecule has 0 atom stereocenters. The second-order valence-corrected chi connectivity index (χ2v) is 1.96. The van der Waals surface area contributed by atoms with Crippen LogP contribution in [0.1, 0.15) is 6.92 Å². The number of ether oxygens (including phenoxy) is 1. The second kappa shape index (κ2) is 3.06. The van der Waals surface area contributed by atoms with Crippen LogP contribution in [0.5, 0.6) is 11.5 Å². The lowest BCUT2D eigenvalue weighted by Crippen LogP contribution is -1.37. The van der Waals surface area contributed by atoms with Crippen LogP contribution < -0.4 is 4.74 Å². The fourth-order valence-electron chi connectivity index (χ4n) is 0.611. The molecule has 1 aromatic rings. The first-order valence-electron chi connectivity index (χ1n) is 3.22. The summed E-state index contributed by atoms with van der Waals surface area (Å²) < 4.78 is 4.94. The summed E-state index contributed by atoms with van der Waals surface area (Å²) in [6.45, 7) is 5.25. The molecule has 0 N–H and O–H groups in total. The van der Waals surface area contributed by atoms with Crippen molar-refractivity contribution in [2.24, 2.45) is 0 Å². The van der Waals surface area contributed by atoms with E-state index in [9.17, 15) is 0 Å². The molecule has 0 fully saturated rings. The minimum absolute atomic E-state index is 1.03. The van der Waals surface area contributed by atoms with Crippen molar-refractivity contribution in [1.82, 2.24) is 0 Å². The van der Waals surface area contributed by atoms with Crippen LogP contribution in [0, 0.1) is 0 Å². The highest BCUT2D eigenvalue weighted by molar-refractivity contribution is 5.53. The maximum Gasteiger partial charge on any atom is 0.170 e. The zero-order valence-electron chi connectivity index (χ0n) is 6.00. The first-order valence-corrected chi connectivity index (χ1v) is 3.22. The van der Waals surface area contributed by atoms with Gasteiger partial charge < -0.3 is 4.74 Å².